The van der Waals surface area contributed by atoms with Gasteiger partial charge in [-0.25, -0.2) is 4.39 Å². The van der Waals surface area contributed by atoms with Crippen LogP contribution in [0.15, 0.2) is 12.1 Å². The molecule has 0 atom stereocenters. The standard InChI is InChI=1S/C22H32F2O3/c1-3-5-6-14-26-15-18-12-13-19(21(24)20(18)23)27-22(25)17-10-8-16(7-4-2)9-11-17/h12-13,16-17H,3-11,14-15H2,1-2H3/t16-,17-. The van der Waals surface area contributed by atoms with Gasteiger partial charge in [0.2, 0.25) is 5.82 Å². The minimum atomic E-state index is -1.11. The van der Waals surface area contributed by atoms with Gasteiger partial charge >= 0.3 is 5.97 Å². The van der Waals surface area contributed by atoms with E-state index in [1.807, 2.05) is 0 Å². The zero-order valence-corrected chi connectivity index (χ0v) is 16.6. The molecule has 0 amide bonds. The van der Waals surface area contributed by atoms with Crippen LogP contribution in [-0.2, 0) is 16.1 Å². The fourth-order valence-corrected chi connectivity index (χ4v) is 3.69. The molecular weight excluding hydrogens is 350 g/mol. The first kappa shape index (κ1) is 21.8. The van der Waals surface area contributed by atoms with Gasteiger partial charge in [-0.05, 0) is 50.2 Å². The summed E-state index contributed by atoms with van der Waals surface area (Å²) in [6.45, 7) is 4.79. The molecule has 1 saturated carbocycles. The highest BCUT2D eigenvalue weighted by molar-refractivity contribution is 5.75. The molecule has 152 valence electrons. The summed E-state index contributed by atoms with van der Waals surface area (Å²) in [7, 11) is 0. The zero-order valence-electron chi connectivity index (χ0n) is 16.6. The number of esters is 1. The van der Waals surface area contributed by atoms with Crippen molar-refractivity contribution in [2.24, 2.45) is 11.8 Å². The van der Waals surface area contributed by atoms with E-state index >= 15 is 0 Å². The third kappa shape index (κ3) is 6.56. The second kappa shape index (κ2) is 11.4. The van der Waals surface area contributed by atoms with Gasteiger partial charge in [-0.3, -0.25) is 4.79 Å². The normalized spacial score (nSPS) is 19.9. The predicted molar refractivity (Wildman–Crippen MR) is 102 cm³/mol. The maximum Gasteiger partial charge on any atom is 0.314 e. The molecule has 1 aliphatic rings. The fraction of sp³-hybridized carbons (Fsp3) is 0.682. The number of benzene rings is 1. The van der Waals surface area contributed by atoms with Crippen LogP contribution in [0.1, 0.15) is 77.2 Å². The van der Waals surface area contributed by atoms with Crippen molar-refractivity contribution < 1.29 is 23.0 Å². The molecule has 1 aromatic rings. The molecule has 0 heterocycles. The van der Waals surface area contributed by atoms with E-state index in [9.17, 15) is 13.6 Å². The molecule has 0 bridgehead atoms. The van der Waals surface area contributed by atoms with Gasteiger partial charge < -0.3 is 9.47 Å². The van der Waals surface area contributed by atoms with Crippen LogP contribution in [0.25, 0.3) is 0 Å². The first-order valence-electron chi connectivity index (χ1n) is 10.3. The number of hydrogen-bond acceptors (Lipinski definition) is 3. The Morgan fingerprint density at radius 3 is 2.44 bits per heavy atom. The summed E-state index contributed by atoms with van der Waals surface area (Å²) in [5, 5.41) is 0. The first-order chi connectivity index (χ1) is 13.1. The lowest BCUT2D eigenvalue weighted by Gasteiger charge is -2.26. The average molecular weight is 382 g/mol. The van der Waals surface area contributed by atoms with Crippen LogP contribution < -0.4 is 4.74 Å². The van der Waals surface area contributed by atoms with Crippen molar-refractivity contribution in [3.8, 4) is 5.75 Å². The van der Waals surface area contributed by atoms with Crippen molar-refractivity contribution in [1.29, 1.82) is 0 Å². The Kier molecular flexibility index (Phi) is 9.19. The zero-order chi connectivity index (χ0) is 19.6. The Balaban J connectivity index is 1.87. The lowest BCUT2D eigenvalue weighted by atomic mass is 9.80. The lowest BCUT2D eigenvalue weighted by Crippen LogP contribution is -2.26. The second-order valence-electron chi connectivity index (χ2n) is 7.54. The van der Waals surface area contributed by atoms with Gasteiger partial charge in [-0.15, -0.1) is 0 Å². The van der Waals surface area contributed by atoms with Crippen molar-refractivity contribution in [3.05, 3.63) is 29.3 Å². The van der Waals surface area contributed by atoms with Gasteiger partial charge in [0.15, 0.2) is 11.6 Å². The Bertz CT molecular complexity index is 595. The molecule has 0 radical (unpaired) electrons. The monoisotopic (exact) mass is 382 g/mol. The number of unbranched alkanes of at least 4 members (excludes halogenated alkanes) is 2. The molecule has 1 aliphatic carbocycles. The Hall–Kier alpha value is -1.49. The Morgan fingerprint density at radius 2 is 1.78 bits per heavy atom. The third-order valence-electron chi connectivity index (χ3n) is 5.36. The molecule has 1 fully saturated rings. The molecular formula is C22H32F2O3. The Morgan fingerprint density at radius 1 is 1.04 bits per heavy atom. The summed E-state index contributed by atoms with van der Waals surface area (Å²) in [5.74, 6) is -2.44. The van der Waals surface area contributed by atoms with Crippen molar-refractivity contribution in [2.45, 2.75) is 78.2 Å². The van der Waals surface area contributed by atoms with E-state index < -0.39 is 17.6 Å². The quantitative estimate of drug-likeness (QED) is 0.275. The molecule has 0 spiro atoms. The summed E-state index contributed by atoms with van der Waals surface area (Å²) in [6, 6.07) is 2.75. The third-order valence-corrected chi connectivity index (χ3v) is 5.36. The van der Waals surface area contributed by atoms with Gasteiger partial charge in [0, 0.05) is 12.2 Å². The van der Waals surface area contributed by atoms with E-state index in [0.717, 1.165) is 51.4 Å². The van der Waals surface area contributed by atoms with Crippen LogP contribution in [0.2, 0.25) is 0 Å². The highest BCUT2D eigenvalue weighted by Gasteiger charge is 2.28. The maximum atomic E-state index is 14.3. The second-order valence-corrected chi connectivity index (χ2v) is 7.54. The molecule has 27 heavy (non-hydrogen) atoms. The Labute approximate surface area is 161 Å². The maximum absolute atomic E-state index is 14.3. The van der Waals surface area contributed by atoms with Gasteiger partial charge in [-0.1, -0.05) is 39.5 Å². The molecule has 3 nitrogen and oxygen atoms in total. The minimum absolute atomic E-state index is 0.0160. The van der Waals surface area contributed by atoms with E-state index in [1.54, 1.807) is 0 Å². The number of carbonyl (C=O) groups excluding carboxylic acids is 1. The van der Waals surface area contributed by atoms with Crippen molar-refractivity contribution in [1.82, 2.24) is 0 Å². The van der Waals surface area contributed by atoms with E-state index in [-0.39, 0.29) is 23.8 Å². The fourth-order valence-electron chi connectivity index (χ4n) is 3.69. The largest absolute Gasteiger partial charge is 0.423 e. The number of hydrogen-bond donors (Lipinski definition) is 0. The van der Waals surface area contributed by atoms with Crippen LogP contribution in [0.3, 0.4) is 0 Å². The highest BCUT2D eigenvalue weighted by atomic mass is 19.2. The molecule has 0 unspecified atom stereocenters. The molecule has 0 aromatic heterocycles. The van der Waals surface area contributed by atoms with Crippen molar-refractivity contribution in [2.75, 3.05) is 6.61 Å². The summed E-state index contributed by atoms with van der Waals surface area (Å²) in [6.07, 6.45) is 8.88. The molecule has 0 saturated heterocycles. The van der Waals surface area contributed by atoms with Crippen LogP contribution in [0.5, 0.6) is 5.75 Å². The van der Waals surface area contributed by atoms with Gasteiger partial charge in [-0.2, -0.15) is 4.39 Å². The summed E-state index contributed by atoms with van der Waals surface area (Å²) in [5.41, 5.74) is 0.142. The molecule has 2 rings (SSSR count). The smallest absolute Gasteiger partial charge is 0.314 e. The van der Waals surface area contributed by atoms with Crippen LogP contribution in [0.4, 0.5) is 8.78 Å². The minimum Gasteiger partial charge on any atom is -0.423 e. The van der Waals surface area contributed by atoms with E-state index in [0.29, 0.717) is 12.5 Å². The van der Waals surface area contributed by atoms with Crippen LogP contribution in [0, 0.1) is 23.5 Å². The summed E-state index contributed by atoms with van der Waals surface area (Å²) in [4.78, 5) is 12.3. The topological polar surface area (TPSA) is 35.5 Å². The number of ether oxygens (including phenoxy) is 2. The average Bonchev–Trinajstić information content (AvgIpc) is 2.67. The number of rotatable bonds is 10. The van der Waals surface area contributed by atoms with E-state index in [2.05, 4.69) is 13.8 Å². The van der Waals surface area contributed by atoms with Crippen molar-refractivity contribution in [3.63, 3.8) is 0 Å². The molecule has 0 N–H and O–H groups in total. The van der Waals surface area contributed by atoms with Gasteiger partial charge in [0.05, 0.1) is 12.5 Å². The molecule has 1 aromatic carbocycles. The lowest BCUT2D eigenvalue weighted by molar-refractivity contribution is -0.140. The van der Waals surface area contributed by atoms with Crippen LogP contribution >= 0.6 is 0 Å². The van der Waals surface area contributed by atoms with Crippen molar-refractivity contribution >= 4 is 5.97 Å². The van der Waals surface area contributed by atoms with E-state index in [1.165, 1.54) is 18.6 Å². The predicted octanol–water partition coefficient (Wildman–Crippen LogP) is 6.18. The van der Waals surface area contributed by atoms with E-state index in [4.69, 9.17) is 9.47 Å². The van der Waals surface area contributed by atoms with Gasteiger partial charge in [0.1, 0.15) is 0 Å². The summed E-state index contributed by atoms with van der Waals surface area (Å²) < 4.78 is 39.1. The molecule has 5 heteroatoms. The molecule has 0 aliphatic heterocycles. The van der Waals surface area contributed by atoms with Gasteiger partial charge in [0.25, 0.3) is 0 Å². The SMILES string of the molecule is CCCCCOCc1ccc(OC(=O)[C@H]2CC[C@H](CCC)CC2)c(F)c1F. The first-order valence-corrected chi connectivity index (χ1v) is 10.3. The number of carbonyl (C=O) groups is 1. The summed E-state index contributed by atoms with van der Waals surface area (Å²) >= 11 is 0. The van der Waals surface area contributed by atoms with Crippen LogP contribution in [-0.4, -0.2) is 12.6 Å². The highest BCUT2D eigenvalue weighted by Crippen LogP contribution is 2.33. The number of halogens is 2.